The third kappa shape index (κ3) is 4.42. The Labute approximate surface area is 169 Å². The molecule has 0 aliphatic carbocycles. The number of esters is 1. The summed E-state index contributed by atoms with van der Waals surface area (Å²) in [7, 11) is 0. The number of aromatic nitrogens is 2. The Hall–Kier alpha value is -3.28. The van der Waals surface area contributed by atoms with Crippen molar-refractivity contribution in [2.24, 2.45) is 5.92 Å². The van der Waals surface area contributed by atoms with Crippen molar-refractivity contribution < 1.29 is 14.3 Å². The SMILES string of the molecule is Cc1ccc(C(=O)[C@H](C)OC(=O)c2nn(CC(C)C)c(=O)c3ccccc23)cc1. The lowest BCUT2D eigenvalue weighted by Gasteiger charge is -2.15. The van der Waals surface area contributed by atoms with Crippen LogP contribution in [0.4, 0.5) is 0 Å². The fraction of sp³-hybridized carbons (Fsp3) is 0.304. The van der Waals surface area contributed by atoms with E-state index < -0.39 is 12.1 Å². The number of carbonyl (C=O) groups excluding carboxylic acids is 2. The third-order valence-corrected chi connectivity index (χ3v) is 4.59. The van der Waals surface area contributed by atoms with E-state index in [0.717, 1.165) is 5.56 Å². The molecule has 29 heavy (non-hydrogen) atoms. The molecule has 3 rings (SSSR count). The van der Waals surface area contributed by atoms with Crippen molar-refractivity contribution >= 4 is 22.5 Å². The lowest BCUT2D eigenvalue weighted by Crippen LogP contribution is -2.30. The lowest BCUT2D eigenvalue weighted by atomic mass is 10.1. The number of aryl methyl sites for hydroxylation is 1. The van der Waals surface area contributed by atoms with E-state index in [4.69, 9.17) is 4.74 Å². The summed E-state index contributed by atoms with van der Waals surface area (Å²) in [5.41, 5.74) is 1.28. The van der Waals surface area contributed by atoms with Gasteiger partial charge in [-0.15, -0.1) is 0 Å². The standard InChI is InChI=1S/C23H24N2O4/c1-14(2)13-25-22(27)19-8-6-5-7-18(19)20(24-25)23(28)29-16(4)21(26)17-11-9-15(3)10-12-17/h5-12,14,16H,13H2,1-4H3/t16-/m0/s1. The number of nitrogens with zero attached hydrogens (tertiary/aromatic N) is 2. The van der Waals surface area contributed by atoms with Crippen molar-refractivity contribution in [2.45, 2.75) is 40.3 Å². The van der Waals surface area contributed by atoms with Crippen molar-refractivity contribution in [3.05, 3.63) is 75.7 Å². The first-order valence-corrected chi connectivity index (χ1v) is 9.59. The molecule has 0 saturated carbocycles. The smallest absolute Gasteiger partial charge is 0.360 e. The number of ketones is 1. The zero-order valence-electron chi connectivity index (χ0n) is 17.0. The fourth-order valence-corrected chi connectivity index (χ4v) is 3.08. The number of carbonyl (C=O) groups is 2. The summed E-state index contributed by atoms with van der Waals surface area (Å²) in [5, 5.41) is 5.07. The average Bonchev–Trinajstić information content (AvgIpc) is 2.69. The normalized spacial score (nSPS) is 12.2. The van der Waals surface area contributed by atoms with E-state index in [0.29, 0.717) is 22.9 Å². The Bertz CT molecular complexity index is 1110. The second-order valence-corrected chi connectivity index (χ2v) is 7.55. The monoisotopic (exact) mass is 392 g/mol. The molecule has 0 amide bonds. The number of hydrogen-bond acceptors (Lipinski definition) is 5. The summed E-state index contributed by atoms with van der Waals surface area (Å²) in [4.78, 5) is 38.1. The second kappa shape index (κ2) is 8.39. The summed E-state index contributed by atoms with van der Waals surface area (Å²) in [6.45, 7) is 7.77. The van der Waals surface area contributed by atoms with Crippen LogP contribution in [0.1, 0.15) is 47.2 Å². The zero-order chi connectivity index (χ0) is 21.1. The number of benzene rings is 2. The first kappa shape index (κ1) is 20.5. The van der Waals surface area contributed by atoms with Gasteiger partial charge in [-0.2, -0.15) is 5.10 Å². The van der Waals surface area contributed by atoms with Gasteiger partial charge in [-0.25, -0.2) is 9.48 Å². The first-order valence-electron chi connectivity index (χ1n) is 9.59. The van der Waals surface area contributed by atoms with E-state index in [1.54, 1.807) is 36.4 Å². The molecule has 0 aliphatic heterocycles. The molecule has 0 spiro atoms. The number of ether oxygens (including phenoxy) is 1. The number of Topliss-reactive ketones (excluding diaryl/α,β-unsaturated/α-hetero) is 1. The number of hydrogen-bond donors (Lipinski definition) is 0. The molecule has 1 atom stereocenters. The topological polar surface area (TPSA) is 78.3 Å². The summed E-state index contributed by atoms with van der Waals surface area (Å²) in [6.07, 6.45) is -0.976. The van der Waals surface area contributed by atoms with E-state index in [1.807, 2.05) is 32.9 Å². The van der Waals surface area contributed by atoms with E-state index in [9.17, 15) is 14.4 Å². The first-order chi connectivity index (χ1) is 13.8. The minimum absolute atomic E-state index is 0.0319. The summed E-state index contributed by atoms with van der Waals surface area (Å²) in [6, 6.07) is 13.9. The van der Waals surface area contributed by atoms with Crippen LogP contribution in [0.5, 0.6) is 0 Å². The van der Waals surface area contributed by atoms with E-state index in [2.05, 4.69) is 5.10 Å². The van der Waals surface area contributed by atoms with Crippen LogP contribution in [0.25, 0.3) is 10.8 Å². The Balaban J connectivity index is 1.94. The summed E-state index contributed by atoms with van der Waals surface area (Å²) >= 11 is 0. The molecule has 0 N–H and O–H groups in total. The molecule has 0 unspecified atom stereocenters. The molecular formula is C23H24N2O4. The molecule has 150 valence electrons. The Morgan fingerprint density at radius 1 is 1.00 bits per heavy atom. The van der Waals surface area contributed by atoms with Gasteiger partial charge in [0.05, 0.1) is 5.39 Å². The largest absolute Gasteiger partial charge is 0.449 e. The van der Waals surface area contributed by atoms with Crippen molar-refractivity contribution in [1.82, 2.24) is 9.78 Å². The molecule has 0 fully saturated rings. The van der Waals surface area contributed by atoms with Gasteiger partial charge in [-0.1, -0.05) is 61.9 Å². The predicted molar refractivity (Wildman–Crippen MR) is 111 cm³/mol. The quantitative estimate of drug-likeness (QED) is 0.471. The zero-order valence-corrected chi connectivity index (χ0v) is 17.0. The molecule has 6 heteroatoms. The highest BCUT2D eigenvalue weighted by Crippen LogP contribution is 2.17. The van der Waals surface area contributed by atoms with Gasteiger partial charge in [0.2, 0.25) is 5.78 Å². The Kier molecular flexibility index (Phi) is 5.92. The Morgan fingerprint density at radius 3 is 2.24 bits per heavy atom. The third-order valence-electron chi connectivity index (χ3n) is 4.59. The van der Waals surface area contributed by atoms with Gasteiger partial charge in [0, 0.05) is 17.5 Å². The van der Waals surface area contributed by atoms with Gasteiger partial charge in [0.15, 0.2) is 11.8 Å². The molecule has 2 aromatic carbocycles. The van der Waals surface area contributed by atoms with Crippen LogP contribution in [0.2, 0.25) is 0 Å². The molecule has 3 aromatic rings. The van der Waals surface area contributed by atoms with Crippen LogP contribution >= 0.6 is 0 Å². The predicted octanol–water partition coefficient (Wildman–Crippen LogP) is 3.79. The van der Waals surface area contributed by atoms with Crippen molar-refractivity contribution in [3.8, 4) is 0 Å². The van der Waals surface area contributed by atoms with Crippen LogP contribution in [-0.4, -0.2) is 27.6 Å². The molecular weight excluding hydrogens is 368 g/mol. The van der Waals surface area contributed by atoms with Gasteiger partial charge >= 0.3 is 5.97 Å². The van der Waals surface area contributed by atoms with Crippen LogP contribution in [0.15, 0.2) is 53.3 Å². The van der Waals surface area contributed by atoms with Crippen molar-refractivity contribution in [2.75, 3.05) is 0 Å². The van der Waals surface area contributed by atoms with Gasteiger partial charge in [-0.3, -0.25) is 9.59 Å². The molecule has 0 aliphatic rings. The van der Waals surface area contributed by atoms with E-state index >= 15 is 0 Å². The minimum Gasteiger partial charge on any atom is -0.449 e. The fourth-order valence-electron chi connectivity index (χ4n) is 3.08. The van der Waals surface area contributed by atoms with Crippen LogP contribution in [0, 0.1) is 12.8 Å². The molecule has 0 bridgehead atoms. The van der Waals surface area contributed by atoms with Gasteiger partial charge in [0.1, 0.15) is 0 Å². The molecule has 6 nitrogen and oxygen atoms in total. The van der Waals surface area contributed by atoms with Crippen molar-refractivity contribution in [3.63, 3.8) is 0 Å². The van der Waals surface area contributed by atoms with E-state index in [-0.39, 0.29) is 23.0 Å². The highest BCUT2D eigenvalue weighted by Gasteiger charge is 2.24. The highest BCUT2D eigenvalue weighted by atomic mass is 16.5. The minimum atomic E-state index is -0.976. The van der Waals surface area contributed by atoms with Gasteiger partial charge in [0.25, 0.3) is 5.56 Å². The Morgan fingerprint density at radius 2 is 1.62 bits per heavy atom. The average molecular weight is 392 g/mol. The van der Waals surface area contributed by atoms with Crippen LogP contribution in [-0.2, 0) is 11.3 Å². The van der Waals surface area contributed by atoms with E-state index in [1.165, 1.54) is 11.6 Å². The van der Waals surface area contributed by atoms with Crippen LogP contribution < -0.4 is 5.56 Å². The maximum absolute atomic E-state index is 12.9. The van der Waals surface area contributed by atoms with Crippen LogP contribution in [0.3, 0.4) is 0 Å². The molecule has 0 saturated heterocycles. The number of rotatable bonds is 6. The van der Waals surface area contributed by atoms with Crippen molar-refractivity contribution in [1.29, 1.82) is 0 Å². The molecule has 0 radical (unpaired) electrons. The molecule has 1 heterocycles. The van der Waals surface area contributed by atoms with Gasteiger partial charge < -0.3 is 4.74 Å². The highest BCUT2D eigenvalue weighted by molar-refractivity contribution is 6.05. The lowest BCUT2D eigenvalue weighted by molar-refractivity contribution is 0.0312. The number of fused-ring (bicyclic) bond motifs is 1. The summed E-state index contributed by atoms with van der Waals surface area (Å²) in [5.74, 6) is -0.850. The summed E-state index contributed by atoms with van der Waals surface area (Å²) < 4.78 is 6.71. The maximum atomic E-state index is 12.9. The second-order valence-electron chi connectivity index (χ2n) is 7.55. The van der Waals surface area contributed by atoms with Gasteiger partial charge in [-0.05, 0) is 25.8 Å². The molecule has 1 aromatic heterocycles. The maximum Gasteiger partial charge on any atom is 0.360 e.